The van der Waals surface area contributed by atoms with Gasteiger partial charge in [-0.15, -0.1) is 12.4 Å². The second kappa shape index (κ2) is 9.42. The molecule has 150 valence electrons. The monoisotopic (exact) mass is 395 g/mol. The van der Waals surface area contributed by atoms with Crippen molar-refractivity contribution < 1.29 is 14.3 Å². The quantitative estimate of drug-likeness (QED) is 0.775. The molecular formula is C20H30ClN3O3. The largest absolute Gasteiger partial charge is 0.495 e. The lowest BCUT2D eigenvalue weighted by Gasteiger charge is -2.35. The van der Waals surface area contributed by atoms with E-state index in [1.165, 1.54) is 6.42 Å². The summed E-state index contributed by atoms with van der Waals surface area (Å²) < 4.78 is 5.36. The molecular weight excluding hydrogens is 366 g/mol. The third kappa shape index (κ3) is 4.74. The molecule has 1 aromatic rings. The van der Waals surface area contributed by atoms with E-state index >= 15 is 0 Å². The van der Waals surface area contributed by atoms with Crippen molar-refractivity contribution in [3.05, 3.63) is 24.3 Å². The Balaban J connectivity index is 0.00000261. The molecule has 1 atom stereocenters. The van der Waals surface area contributed by atoms with Crippen LogP contribution in [0.3, 0.4) is 0 Å². The highest BCUT2D eigenvalue weighted by molar-refractivity contribution is 6.02. The van der Waals surface area contributed by atoms with E-state index in [0.29, 0.717) is 31.7 Å². The van der Waals surface area contributed by atoms with Crippen LogP contribution in [0.25, 0.3) is 0 Å². The number of hydrogen-bond acceptors (Lipinski definition) is 4. The lowest BCUT2D eigenvalue weighted by molar-refractivity contribution is -0.128. The number of hydrogen-bond donors (Lipinski definition) is 2. The van der Waals surface area contributed by atoms with Crippen LogP contribution in [0.15, 0.2) is 24.3 Å². The number of anilines is 1. The number of nitrogens with one attached hydrogen (secondary N) is 1. The Morgan fingerprint density at radius 3 is 2.67 bits per heavy atom. The SMILES string of the molecule is COc1ccccc1N1CCC(NC(=O)CC2(CN)CCCCC2)C1=O.Cl. The standard InChI is InChI=1S/C20H29N3O3.ClH/c1-26-17-8-4-3-7-16(17)23-12-9-15(19(23)25)22-18(24)13-20(14-21)10-5-2-6-11-20;/h3-4,7-8,15H,2,5-6,9-14,21H2,1H3,(H,22,24);1H. The number of halogens is 1. The van der Waals surface area contributed by atoms with Gasteiger partial charge < -0.3 is 20.7 Å². The highest BCUT2D eigenvalue weighted by atomic mass is 35.5. The van der Waals surface area contributed by atoms with Gasteiger partial charge in [0, 0.05) is 13.0 Å². The average Bonchev–Trinajstić information content (AvgIpc) is 3.02. The number of methoxy groups -OCH3 is 1. The van der Waals surface area contributed by atoms with Gasteiger partial charge in [-0.2, -0.15) is 0 Å². The Labute approximate surface area is 167 Å². The summed E-state index contributed by atoms with van der Waals surface area (Å²) in [5.74, 6) is 0.531. The van der Waals surface area contributed by atoms with Crippen molar-refractivity contribution in [3.8, 4) is 5.75 Å². The lowest BCUT2D eigenvalue weighted by Crippen LogP contribution is -2.45. The molecule has 1 aromatic carbocycles. The number of benzene rings is 1. The zero-order valence-corrected chi connectivity index (χ0v) is 16.7. The van der Waals surface area contributed by atoms with Gasteiger partial charge >= 0.3 is 0 Å². The van der Waals surface area contributed by atoms with Gasteiger partial charge in [-0.3, -0.25) is 9.59 Å². The topological polar surface area (TPSA) is 84.7 Å². The summed E-state index contributed by atoms with van der Waals surface area (Å²) in [4.78, 5) is 27.1. The van der Waals surface area contributed by atoms with Crippen molar-refractivity contribution in [3.63, 3.8) is 0 Å². The summed E-state index contributed by atoms with van der Waals surface area (Å²) in [6.45, 7) is 1.11. The third-order valence-electron chi connectivity index (χ3n) is 5.80. The number of nitrogens with two attached hydrogens (primary N) is 1. The van der Waals surface area contributed by atoms with Gasteiger partial charge in [0.1, 0.15) is 11.8 Å². The van der Waals surface area contributed by atoms with Gasteiger partial charge in [-0.25, -0.2) is 0 Å². The normalized spacial score (nSPS) is 21.5. The highest BCUT2D eigenvalue weighted by Gasteiger charge is 2.37. The molecule has 2 fully saturated rings. The molecule has 27 heavy (non-hydrogen) atoms. The van der Waals surface area contributed by atoms with E-state index in [1.54, 1.807) is 12.0 Å². The highest BCUT2D eigenvalue weighted by Crippen LogP contribution is 2.38. The summed E-state index contributed by atoms with van der Waals surface area (Å²) in [6, 6.07) is 6.99. The predicted molar refractivity (Wildman–Crippen MR) is 108 cm³/mol. The maximum atomic E-state index is 12.8. The van der Waals surface area contributed by atoms with Crippen molar-refractivity contribution in [2.45, 2.75) is 51.0 Å². The van der Waals surface area contributed by atoms with Crippen LogP contribution in [0.5, 0.6) is 5.75 Å². The Kier molecular flexibility index (Phi) is 7.50. The summed E-state index contributed by atoms with van der Waals surface area (Å²) in [5.41, 5.74) is 6.64. The molecule has 1 saturated heterocycles. The van der Waals surface area contributed by atoms with Gasteiger partial charge in [0.05, 0.1) is 12.8 Å². The molecule has 0 aromatic heterocycles. The second-order valence-electron chi connectivity index (χ2n) is 7.51. The van der Waals surface area contributed by atoms with Gasteiger partial charge in [0.2, 0.25) is 11.8 Å². The van der Waals surface area contributed by atoms with Crippen molar-refractivity contribution in [2.75, 3.05) is 25.1 Å². The number of amides is 2. The minimum atomic E-state index is -0.467. The first-order valence-electron chi connectivity index (χ1n) is 9.52. The van der Waals surface area contributed by atoms with Crippen molar-refractivity contribution in [1.82, 2.24) is 5.32 Å². The van der Waals surface area contributed by atoms with E-state index < -0.39 is 6.04 Å². The first-order chi connectivity index (χ1) is 12.6. The lowest BCUT2D eigenvalue weighted by atomic mass is 9.71. The number of carbonyl (C=O) groups excluding carboxylic acids is 2. The summed E-state index contributed by atoms with van der Waals surface area (Å²) in [5, 5.41) is 2.95. The van der Waals surface area contributed by atoms with E-state index in [9.17, 15) is 9.59 Å². The smallest absolute Gasteiger partial charge is 0.249 e. The molecule has 2 amide bonds. The van der Waals surface area contributed by atoms with Gasteiger partial charge in [0.25, 0.3) is 0 Å². The fourth-order valence-corrected chi connectivity index (χ4v) is 4.25. The molecule has 0 bridgehead atoms. The van der Waals surface area contributed by atoms with Crippen molar-refractivity contribution in [1.29, 1.82) is 0 Å². The van der Waals surface area contributed by atoms with Crippen LogP contribution < -0.4 is 20.7 Å². The third-order valence-corrected chi connectivity index (χ3v) is 5.80. The van der Waals surface area contributed by atoms with E-state index in [0.717, 1.165) is 31.4 Å². The molecule has 3 rings (SSSR count). The summed E-state index contributed by atoms with van der Waals surface area (Å²) in [6.07, 6.45) is 6.52. The molecule has 1 aliphatic carbocycles. The molecule has 1 saturated carbocycles. The van der Waals surface area contributed by atoms with Crippen LogP contribution in [0.4, 0.5) is 5.69 Å². The van der Waals surface area contributed by atoms with Gasteiger partial charge in [0.15, 0.2) is 0 Å². The second-order valence-corrected chi connectivity index (χ2v) is 7.51. The number of para-hydroxylation sites is 2. The minimum Gasteiger partial charge on any atom is -0.495 e. The van der Waals surface area contributed by atoms with Gasteiger partial charge in [-0.1, -0.05) is 31.4 Å². The Morgan fingerprint density at radius 2 is 2.00 bits per heavy atom. The van der Waals surface area contributed by atoms with E-state index in [4.69, 9.17) is 10.5 Å². The first-order valence-corrected chi connectivity index (χ1v) is 9.52. The molecule has 1 aliphatic heterocycles. The van der Waals surface area contributed by atoms with Crippen molar-refractivity contribution in [2.24, 2.45) is 11.1 Å². The number of carbonyl (C=O) groups is 2. The average molecular weight is 396 g/mol. The Morgan fingerprint density at radius 1 is 1.30 bits per heavy atom. The van der Waals surface area contributed by atoms with Gasteiger partial charge in [-0.05, 0) is 43.4 Å². The maximum absolute atomic E-state index is 12.8. The molecule has 1 heterocycles. The van der Waals surface area contributed by atoms with Crippen molar-refractivity contribution >= 4 is 29.9 Å². The van der Waals surface area contributed by atoms with Crippen LogP contribution in [0.1, 0.15) is 44.9 Å². The molecule has 6 nitrogen and oxygen atoms in total. The number of nitrogens with zero attached hydrogens (tertiary/aromatic N) is 1. The van der Waals surface area contributed by atoms with E-state index in [2.05, 4.69) is 5.32 Å². The zero-order chi connectivity index (χ0) is 18.6. The molecule has 0 radical (unpaired) electrons. The van der Waals surface area contributed by atoms with E-state index in [-0.39, 0.29) is 29.6 Å². The molecule has 3 N–H and O–H groups in total. The fraction of sp³-hybridized carbons (Fsp3) is 0.600. The molecule has 1 unspecified atom stereocenters. The molecule has 0 spiro atoms. The Bertz CT molecular complexity index is 662. The van der Waals surface area contributed by atoms with Crippen LogP contribution >= 0.6 is 12.4 Å². The molecule has 2 aliphatic rings. The molecule has 7 heteroatoms. The minimum absolute atomic E-state index is 0. The first kappa shape index (κ1) is 21.5. The Hall–Kier alpha value is -1.79. The summed E-state index contributed by atoms with van der Waals surface area (Å²) in [7, 11) is 1.59. The maximum Gasteiger partial charge on any atom is 0.249 e. The zero-order valence-electron chi connectivity index (χ0n) is 15.9. The predicted octanol–water partition coefficient (Wildman–Crippen LogP) is 2.64. The van der Waals surface area contributed by atoms with E-state index in [1.807, 2.05) is 24.3 Å². The fourth-order valence-electron chi connectivity index (χ4n) is 4.25. The number of ether oxygens (including phenoxy) is 1. The van der Waals surface area contributed by atoms with Crippen LogP contribution in [-0.2, 0) is 9.59 Å². The van der Waals surface area contributed by atoms with Crippen LogP contribution in [0, 0.1) is 5.41 Å². The van der Waals surface area contributed by atoms with Crippen LogP contribution in [-0.4, -0.2) is 38.1 Å². The van der Waals surface area contributed by atoms with Crippen LogP contribution in [0.2, 0.25) is 0 Å². The summed E-state index contributed by atoms with van der Waals surface area (Å²) >= 11 is 0. The number of rotatable bonds is 6.